The smallest absolute Gasteiger partial charge is 0.228 e. The normalized spacial score (nSPS) is 16.4. The van der Waals surface area contributed by atoms with Crippen molar-refractivity contribution in [2.45, 2.75) is 34.6 Å². The summed E-state index contributed by atoms with van der Waals surface area (Å²) in [7, 11) is 0. The van der Waals surface area contributed by atoms with Crippen LogP contribution in [-0.2, 0) is 4.79 Å². The van der Waals surface area contributed by atoms with Gasteiger partial charge in [-0.25, -0.2) is 0 Å². The molecule has 1 amide bonds. The maximum Gasteiger partial charge on any atom is 0.228 e. The zero-order valence-corrected chi connectivity index (χ0v) is 13.4. The molecule has 1 fully saturated rings. The van der Waals surface area contributed by atoms with E-state index in [0.717, 1.165) is 26.2 Å². The number of carbonyl (C=O) groups is 1. The molecule has 1 aromatic rings. The van der Waals surface area contributed by atoms with Gasteiger partial charge in [-0.1, -0.05) is 38.5 Å². The summed E-state index contributed by atoms with van der Waals surface area (Å²) in [6, 6.07) is 6.59. The van der Waals surface area contributed by atoms with E-state index in [0.29, 0.717) is 0 Å². The van der Waals surface area contributed by atoms with E-state index in [1.165, 1.54) is 16.8 Å². The van der Waals surface area contributed by atoms with Crippen LogP contribution in [-0.4, -0.2) is 37.0 Å². The number of anilines is 1. The standard InChI is InChI=1S/C17H26N2O/c1-13-6-7-15(14(2)12-13)18-8-10-19(11-9-18)16(20)17(3,4)5/h6-7,12H,8-11H2,1-5H3. The van der Waals surface area contributed by atoms with Gasteiger partial charge in [0, 0.05) is 37.3 Å². The molecule has 0 bridgehead atoms. The van der Waals surface area contributed by atoms with Crippen LogP contribution in [0.3, 0.4) is 0 Å². The fraction of sp³-hybridized carbons (Fsp3) is 0.588. The van der Waals surface area contributed by atoms with Crippen LogP contribution in [0.4, 0.5) is 5.69 Å². The van der Waals surface area contributed by atoms with Crippen molar-refractivity contribution in [2.24, 2.45) is 5.41 Å². The first-order valence-corrected chi connectivity index (χ1v) is 7.40. The molecule has 2 rings (SSSR count). The minimum absolute atomic E-state index is 0.262. The topological polar surface area (TPSA) is 23.6 Å². The van der Waals surface area contributed by atoms with E-state index in [2.05, 4.69) is 36.9 Å². The lowest BCUT2D eigenvalue weighted by molar-refractivity contribution is -0.139. The molecule has 1 aromatic carbocycles. The zero-order chi connectivity index (χ0) is 14.9. The lowest BCUT2D eigenvalue weighted by Gasteiger charge is -2.39. The number of rotatable bonds is 1. The number of piperazine rings is 1. The monoisotopic (exact) mass is 274 g/mol. The lowest BCUT2D eigenvalue weighted by atomic mass is 9.94. The summed E-state index contributed by atoms with van der Waals surface area (Å²) in [6.45, 7) is 13.7. The zero-order valence-electron chi connectivity index (χ0n) is 13.4. The van der Waals surface area contributed by atoms with Crippen LogP contribution in [0.5, 0.6) is 0 Å². The van der Waals surface area contributed by atoms with E-state index in [-0.39, 0.29) is 11.3 Å². The number of amides is 1. The lowest BCUT2D eigenvalue weighted by Crippen LogP contribution is -2.51. The third-order valence-electron chi connectivity index (χ3n) is 3.90. The van der Waals surface area contributed by atoms with Gasteiger partial charge in [-0.3, -0.25) is 4.79 Å². The number of carbonyl (C=O) groups excluding carboxylic acids is 1. The first kappa shape index (κ1) is 14.9. The van der Waals surface area contributed by atoms with E-state index in [9.17, 15) is 4.79 Å². The molecule has 1 heterocycles. The highest BCUT2D eigenvalue weighted by Gasteiger charge is 2.29. The van der Waals surface area contributed by atoms with Gasteiger partial charge in [-0.05, 0) is 25.5 Å². The van der Waals surface area contributed by atoms with Gasteiger partial charge >= 0.3 is 0 Å². The van der Waals surface area contributed by atoms with Crippen LogP contribution >= 0.6 is 0 Å². The molecule has 0 aliphatic carbocycles. The van der Waals surface area contributed by atoms with Crippen LogP contribution < -0.4 is 4.90 Å². The number of nitrogens with zero attached hydrogens (tertiary/aromatic N) is 2. The van der Waals surface area contributed by atoms with Crippen LogP contribution in [0.15, 0.2) is 18.2 Å². The summed E-state index contributed by atoms with van der Waals surface area (Å²) in [5.41, 5.74) is 3.65. The predicted molar refractivity (Wildman–Crippen MR) is 84.2 cm³/mol. The van der Waals surface area contributed by atoms with Gasteiger partial charge in [-0.15, -0.1) is 0 Å². The minimum atomic E-state index is -0.276. The fourth-order valence-corrected chi connectivity index (χ4v) is 2.78. The maximum absolute atomic E-state index is 12.3. The molecule has 0 saturated carbocycles. The Hall–Kier alpha value is -1.51. The number of benzene rings is 1. The van der Waals surface area contributed by atoms with Gasteiger partial charge in [0.25, 0.3) is 0 Å². The van der Waals surface area contributed by atoms with Crippen molar-refractivity contribution in [3.63, 3.8) is 0 Å². The molecule has 1 aliphatic heterocycles. The summed E-state index contributed by atoms with van der Waals surface area (Å²) >= 11 is 0. The van der Waals surface area contributed by atoms with Crippen LogP contribution in [0.25, 0.3) is 0 Å². The van der Waals surface area contributed by atoms with Gasteiger partial charge in [0.2, 0.25) is 5.91 Å². The van der Waals surface area contributed by atoms with Crippen molar-refractivity contribution in [3.05, 3.63) is 29.3 Å². The largest absolute Gasteiger partial charge is 0.368 e. The van der Waals surface area contributed by atoms with Crippen molar-refractivity contribution in [1.29, 1.82) is 0 Å². The molecule has 110 valence electrons. The molecule has 0 aromatic heterocycles. The summed E-state index contributed by atoms with van der Waals surface area (Å²) < 4.78 is 0. The fourth-order valence-electron chi connectivity index (χ4n) is 2.78. The Balaban J connectivity index is 2.03. The van der Waals surface area contributed by atoms with Crippen molar-refractivity contribution in [1.82, 2.24) is 4.90 Å². The third kappa shape index (κ3) is 3.14. The van der Waals surface area contributed by atoms with Gasteiger partial charge in [0.05, 0.1) is 0 Å². The highest BCUT2D eigenvalue weighted by atomic mass is 16.2. The van der Waals surface area contributed by atoms with Crippen molar-refractivity contribution in [3.8, 4) is 0 Å². The molecule has 20 heavy (non-hydrogen) atoms. The summed E-state index contributed by atoms with van der Waals surface area (Å²) in [5, 5.41) is 0. The minimum Gasteiger partial charge on any atom is -0.368 e. The molecule has 1 aliphatic rings. The van der Waals surface area contributed by atoms with E-state index in [1.54, 1.807) is 0 Å². The van der Waals surface area contributed by atoms with Crippen molar-refractivity contribution >= 4 is 11.6 Å². The number of aryl methyl sites for hydroxylation is 2. The molecule has 0 atom stereocenters. The van der Waals surface area contributed by atoms with Crippen molar-refractivity contribution < 1.29 is 4.79 Å². The number of hydrogen-bond acceptors (Lipinski definition) is 2. The van der Waals surface area contributed by atoms with Crippen LogP contribution in [0.2, 0.25) is 0 Å². The summed E-state index contributed by atoms with van der Waals surface area (Å²) in [6.07, 6.45) is 0. The van der Waals surface area contributed by atoms with Gasteiger partial charge in [0.15, 0.2) is 0 Å². The van der Waals surface area contributed by atoms with Gasteiger partial charge < -0.3 is 9.80 Å². The molecule has 3 heteroatoms. The molecule has 1 saturated heterocycles. The molecule has 0 unspecified atom stereocenters. The molecule has 0 N–H and O–H groups in total. The molecule has 0 radical (unpaired) electrons. The second kappa shape index (κ2) is 5.47. The second-order valence-electron chi connectivity index (χ2n) is 6.82. The first-order valence-electron chi connectivity index (χ1n) is 7.40. The molecular formula is C17H26N2O. The van der Waals surface area contributed by atoms with Crippen molar-refractivity contribution in [2.75, 3.05) is 31.1 Å². The average Bonchev–Trinajstić information content (AvgIpc) is 2.37. The Kier molecular flexibility index (Phi) is 4.07. The summed E-state index contributed by atoms with van der Waals surface area (Å²) in [5.74, 6) is 0.262. The number of hydrogen-bond donors (Lipinski definition) is 0. The maximum atomic E-state index is 12.3. The average molecular weight is 274 g/mol. The Labute approximate surface area is 122 Å². The van der Waals surface area contributed by atoms with Crippen LogP contribution in [0, 0.1) is 19.3 Å². The third-order valence-corrected chi connectivity index (χ3v) is 3.90. The SMILES string of the molecule is Cc1ccc(N2CCN(C(=O)C(C)(C)C)CC2)c(C)c1. The van der Waals surface area contributed by atoms with Gasteiger partial charge in [-0.2, -0.15) is 0 Å². The highest BCUT2D eigenvalue weighted by Crippen LogP contribution is 2.24. The summed E-state index contributed by atoms with van der Waals surface area (Å²) in [4.78, 5) is 16.7. The van der Waals surface area contributed by atoms with E-state index < -0.39 is 0 Å². The van der Waals surface area contributed by atoms with Gasteiger partial charge in [0.1, 0.15) is 0 Å². The first-order chi connectivity index (χ1) is 9.29. The Morgan fingerprint density at radius 2 is 1.65 bits per heavy atom. The Morgan fingerprint density at radius 3 is 2.15 bits per heavy atom. The molecule has 0 spiro atoms. The quantitative estimate of drug-likeness (QED) is 0.786. The molecular weight excluding hydrogens is 248 g/mol. The molecule has 3 nitrogen and oxygen atoms in total. The second-order valence-corrected chi connectivity index (χ2v) is 6.82. The van der Waals surface area contributed by atoms with E-state index >= 15 is 0 Å². The Morgan fingerprint density at radius 1 is 1.05 bits per heavy atom. The van der Waals surface area contributed by atoms with E-state index in [4.69, 9.17) is 0 Å². The van der Waals surface area contributed by atoms with E-state index in [1.807, 2.05) is 25.7 Å². The predicted octanol–water partition coefficient (Wildman–Crippen LogP) is 3.00. The van der Waals surface area contributed by atoms with Crippen LogP contribution in [0.1, 0.15) is 31.9 Å². The highest BCUT2D eigenvalue weighted by molar-refractivity contribution is 5.81. The Bertz CT molecular complexity index is 494.